The van der Waals surface area contributed by atoms with Crippen LogP contribution in [0.15, 0.2) is 4.99 Å². The van der Waals surface area contributed by atoms with E-state index in [4.69, 9.17) is 0 Å². The van der Waals surface area contributed by atoms with Gasteiger partial charge in [-0.25, -0.2) is 0 Å². The van der Waals surface area contributed by atoms with E-state index in [-0.39, 0.29) is 0 Å². The zero-order chi connectivity index (χ0) is 11.0. The normalized spacial score (nSPS) is 38.8. The number of rotatable bonds is 3. The first-order valence-corrected chi connectivity index (χ1v) is 8.21. The highest BCUT2D eigenvalue weighted by atomic mass is 32.2. The molecule has 2 heterocycles. The van der Waals surface area contributed by atoms with Gasteiger partial charge in [-0.15, -0.1) is 0 Å². The highest BCUT2D eigenvalue weighted by Gasteiger charge is 2.36. The third-order valence-corrected chi connectivity index (χ3v) is 6.61. The van der Waals surface area contributed by atoms with Crippen LogP contribution in [0.2, 0.25) is 0 Å². The van der Waals surface area contributed by atoms with Crippen LogP contribution in [0.5, 0.6) is 0 Å². The smallest absolute Gasteiger partial charge is 0.156 e. The highest BCUT2D eigenvalue weighted by Crippen LogP contribution is 2.42. The van der Waals surface area contributed by atoms with Gasteiger partial charge in [-0.3, -0.25) is 4.99 Å². The Morgan fingerprint density at radius 2 is 2.38 bits per heavy atom. The van der Waals surface area contributed by atoms with Gasteiger partial charge in [0.1, 0.15) is 0 Å². The van der Waals surface area contributed by atoms with Crippen molar-refractivity contribution in [2.24, 2.45) is 10.9 Å². The Morgan fingerprint density at radius 3 is 3.06 bits per heavy atom. The molecule has 1 aliphatic carbocycles. The number of hydrogen-bond acceptors (Lipinski definition) is 4. The predicted octanol–water partition coefficient (Wildman–Crippen LogP) is 2.74. The molecule has 3 rings (SSSR count). The van der Waals surface area contributed by atoms with Gasteiger partial charge in [-0.1, -0.05) is 11.8 Å². The molecule has 2 fully saturated rings. The quantitative estimate of drug-likeness (QED) is 0.840. The van der Waals surface area contributed by atoms with E-state index < -0.39 is 0 Å². The number of hydrogen-bond donors (Lipinski definition) is 1. The zero-order valence-corrected chi connectivity index (χ0v) is 11.5. The summed E-state index contributed by atoms with van der Waals surface area (Å²) < 4.78 is 0.459. The fourth-order valence-electron chi connectivity index (χ4n) is 2.44. The summed E-state index contributed by atoms with van der Waals surface area (Å²) in [6.07, 6.45) is 5.61. The standard InChI is InChI=1S/C12H20N2S2/c1-12(5-2-6-15-12)8-14-11-13-7-10(16-11)9-3-4-9/h9-10H,2-8H2,1H3,(H,13,14). The molecule has 1 N–H and O–H groups in total. The Bertz CT molecular complexity index is 293. The van der Waals surface area contributed by atoms with Crippen LogP contribution in [-0.2, 0) is 0 Å². The van der Waals surface area contributed by atoms with Crippen molar-refractivity contribution in [1.29, 1.82) is 0 Å². The third-order valence-electron chi connectivity index (χ3n) is 3.74. The first-order chi connectivity index (χ1) is 7.75. The number of amidine groups is 1. The van der Waals surface area contributed by atoms with Crippen molar-refractivity contribution in [3.05, 3.63) is 0 Å². The second kappa shape index (κ2) is 4.45. The summed E-state index contributed by atoms with van der Waals surface area (Å²) in [4.78, 5) is 4.63. The van der Waals surface area contributed by atoms with E-state index in [2.05, 4.69) is 29.0 Å². The molecule has 0 radical (unpaired) electrons. The first kappa shape index (κ1) is 11.3. The third kappa shape index (κ3) is 2.53. The Kier molecular flexibility index (Phi) is 3.13. The van der Waals surface area contributed by atoms with Crippen LogP contribution in [0.1, 0.15) is 32.6 Å². The lowest BCUT2D eigenvalue weighted by molar-refractivity contribution is 0.593. The van der Waals surface area contributed by atoms with Crippen molar-refractivity contribution in [1.82, 2.24) is 5.32 Å². The summed E-state index contributed by atoms with van der Waals surface area (Å²) in [5.74, 6) is 2.31. The van der Waals surface area contributed by atoms with Crippen molar-refractivity contribution in [3.8, 4) is 0 Å². The van der Waals surface area contributed by atoms with Crippen LogP contribution in [0.3, 0.4) is 0 Å². The predicted molar refractivity (Wildman–Crippen MR) is 74.5 cm³/mol. The molecule has 2 unspecified atom stereocenters. The van der Waals surface area contributed by atoms with Crippen molar-refractivity contribution in [3.63, 3.8) is 0 Å². The minimum Gasteiger partial charge on any atom is -0.364 e. The fourth-order valence-corrected chi connectivity index (χ4v) is 4.89. The molecule has 0 aromatic heterocycles. The molecule has 0 aromatic carbocycles. The molecule has 0 bridgehead atoms. The van der Waals surface area contributed by atoms with Crippen LogP contribution in [0.25, 0.3) is 0 Å². The van der Waals surface area contributed by atoms with E-state index in [9.17, 15) is 0 Å². The van der Waals surface area contributed by atoms with Gasteiger partial charge in [0, 0.05) is 16.5 Å². The zero-order valence-electron chi connectivity index (χ0n) is 9.87. The summed E-state index contributed by atoms with van der Waals surface area (Å²) in [6.45, 7) is 4.54. The molecule has 0 spiro atoms. The van der Waals surface area contributed by atoms with Gasteiger partial charge in [-0.2, -0.15) is 11.8 Å². The maximum atomic E-state index is 4.63. The molecule has 2 nitrogen and oxygen atoms in total. The summed E-state index contributed by atoms with van der Waals surface area (Å²) in [5.41, 5.74) is 0. The monoisotopic (exact) mass is 256 g/mol. The molecule has 1 saturated carbocycles. The lowest BCUT2D eigenvalue weighted by atomic mass is 10.1. The Balaban J connectivity index is 1.45. The molecule has 16 heavy (non-hydrogen) atoms. The van der Waals surface area contributed by atoms with E-state index in [1.54, 1.807) is 0 Å². The van der Waals surface area contributed by atoms with Gasteiger partial charge >= 0.3 is 0 Å². The summed E-state index contributed by atoms with van der Waals surface area (Å²) in [6, 6.07) is 0. The minimum atomic E-state index is 0.459. The number of aliphatic imine (C=N–C) groups is 1. The number of thioether (sulfide) groups is 2. The Hall–Kier alpha value is 0.170. The van der Waals surface area contributed by atoms with Gasteiger partial charge in [0.25, 0.3) is 0 Å². The SMILES string of the molecule is CC1(CNC2=NCC(C3CC3)S2)CCCS1. The van der Waals surface area contributed by atoms with E-state index >= 15 is 0 Å². The van der Waals surface area contributed by atoms with E-state index in [1.807, 2.05) is 11.8 Å². The number of nitrogens with one attached hydrogen (secondary N) is 1. The second-order valence-electron chi connectivity index (χ2n) is 5.40. The van der Waals surface area contributed by atoms with Crippen LogP contribution in [-0.4, -0.2) is 34.0 Å². The van der Waals surface area contributed by atoms with Crippen LogP contribution >= 0.6 is 23.5 Å². The molecule has 4 heteroatoms. The average molecular weight is 256 g/mol. The molecule has 2 aliphatic heterocycles. The van der Waals surface area contributed by atoms with Gasteiger partial charge < -0.3 is 5.32 Å². The average Bonchev–Trinajstić information content (AvgIpc) is 2.87. The molecular weight excluding hydrogens is 236 g/mol. The summed E-state index contributed by atoms with van der Waals surface area (Å²) >= 11 is 4.11. The van der Waals surface area contributed by atoms with Gasteiger partial charge in [-0.05, 0) is 44.3 Å². The molecule has 1 saturated heterocycles. The first-order valence-electron chi connectivity index (χ1n) is 6.34. The van der Waals surface area contributed by atoms with Crippen LogP contribution in [0, 0.1) is 5.92 Å². The van der Waals surface area contributed by atoms with Gasteiger partial charge in [0.15, 0.2) is 5.17 Å². The molecule has 0 aromatic rings. The van der Waals surface area contributed by atoms with Crippen molar-refractivity contribution in [2.45, 2.75) is 42.6 Å². The molecule has 3 aliphatic rings. The maximum absolute atomic E-state index is 4.63. The van der Waals surface area contributed by atoms with Crippen molar-refractivity contribution < 1.29 is 0 Å². The van der Waals surface area contributed by atoms with Gasteiger partial charge in [0.05, 0.1) is 6.54 Å². The molecule has 2 atom stereocenters. The van der Waals surface area contributed by atoms with Crippen molar-refractivity contribution >= 4 is 28.7 Å². The van der Waals surface area contributed by atoms with Crippen LogP contribution < -0.4 is 5.32 Å². The summed E-state index contributed by atoms with van der Waals surface area (Å²) in [5, 5.41) is 5.58. The molecular formula is C12H20N2S2. The lowest BCUT2D eigenvalue weighted by Gasteiger charge is -2.23. The van der Waals surface area contributed by atoms with Crippen LogP contribution in [0.4, 0.5) is 0 Å². The van der Waals surface area contributed by atoms with Gasteiger partial charge in [0.2, 0.25) is 0 Å². The summed E-state index contributed by atoms with van der Waals surface area (Å²) in [7, 11) is 0. The lowest BCUT2D eigenvalue weighted by Crippen LogP contribution is -2.35. The van der Waals surface area contributed by atoms with E-state index in [1.165, 1.54) is 36.6 Å². The van der Waals surface area contributed by atoms with E-state index in [0.717, 1.165) is 24.3 Å². The fraction of sp³-hybridized carbons (Fsp3) is 0.917. The second-order valence-corrected chi connectivity index (χ2v) is 8.31. The molecule has 0 amide bonds. The molecule has 90 valence electrons. The minimum absolute atomic E-state index is 0.459. The largest absolute Gasteiger partial charge is 0.364 e. The van der Waals surface area contributed by atoms with Crippen molar-refractivity contribution in [2.75, 3.05) is 18.8 Å². The Labute approximate surface area is 106 Å². The Morgan fingerprint density at radius 1 is 1.50 bits per heavy atom. The number of nitrogens with zero attached hydrogens (tertiary/aromatic N) is 1. The highest BCUT2D eigenvalue weighted by molar-refractivity contribution is 8.14. The maximum Gasteiger partial charge on any atom is 0.156 e. The van der Waals surface area contributed by atoms with E-state index in [0.29, 0.717) is 4.75 Å². The topological polar surface area (TPSA) is 24.4 Å².